The molecule has 0 aliphatic heterocycles. The van der Waals surface area contributed by atoms with Crippen LogP contribution in [0.3, 0.4) is 0 Å². The molecular formula is C13H14BrN3O. The van der Waals surface area contributed by atoms with E-state index in [-0.39, 0.29) is 11.9 Å². The SMILES string of the molecule is CC(NC(=O)c1cc(N)c[nH]1)c1ccccc1Br. The van der Waals surface area contributed by atoms with Gasteiger partial charge in [-0.1, -0.05) is 34.1 Å². The van der Waals surface area contributed by atoms with Crippen molar-refractivity contribution in [2.45, 2.75) is 13.0 Å². The number of halogens is 1. The van der Waals surface area contributed by atoms with Gasteiger partial charge in [-0.05, 0) is 24.6 Å². The standard InChI is InChI=1S/C13H14BrN3O/c1-8(10-4-2-3-5-11(10)14)17-13(18)12-6-9(15)7-16-12/h2-8,16H,15H2,1H3,(H,17,18). The van der Waals surface area contributed by atoms with Crippen LogP contribution in [0.4, 0.5) is 5.69 Å². The largest absolute Gasteiger partial charge is 0.397 e. The lowest BCUT2D eigenvalue weighted by atomic mass is 10.1. The second-order valence-electron chi connectivity index (χ2n) is 4.06. The van der Waals surface area contributed by atoms with Crippen LogP contribution < -0.4 is 11.1 Å². The number of carbonyl (C=O) groups excluding carboxylic acids is 1. The minimum Gasteiger partial charge on any atom is -0.397 e. The summed E-state index contributed by atoms with van der Waals surface area (Å²) in [6.07, 6.45) is 1.60. The second kappa shape index (κ2) is 5.27. The third-order valence-electron chi connectivity index (χ3n) is 2.67. The molecule has 0 aliphatic carbocycles. The Labute approximate surface area is 114 Å². The molecule has 0 aliphatic rings. The average Bonchev–Trinajstić information content (AvgIpc) is 2.76. The fourth-order valence-electron chi connectivity index (χ4n) is 1.72. The highest BCUT2D eigenvalue weighted by molar-refractivity contribution is 9.10. The number of anilines is 1. The number of hydrogen-bond donors (Lipinski definition) is 3. The van der Waals surface area contributed by atoms with E-state index < -0.39 is 0 Å². The van der Waals surface area contributed by atoms with Crippen LogP contribution in [0.5, 0.6) is 0 Å². The normalized spacial score (nSPS) is 12.1. The second-order valence-corrected chi connectivity index (χ2v) is 4.92. The first-order valence-corrected chi connectivity index (χ1v) is 6.36. The lowest BCUT2D eigenvalue weighted by Crippen LogP contribution is -2.27. The summed E-state index contributed by atoms with van der Waals surface area (Å²) >= 11 is 3.47. The Kier molecular flexibility index (Phi) is 3.72. The Bertz CT molecular complexity index is 565. The Morgan fingerprint density at radius 3 is 2.78 bits per heavy atom. The van der Waals surface area contributed by atoms with Gasteiger partial charge in [0, 0.05) is 16.4 Å². The van der Waals surface area contributed by atoms with E-state index in [1.807, 2.05) is 31.2 Å². The van der Waals surface area contributed by atoms with Crippen molar-refractivity contribution in [2.75, 3.05) is 5.73 Å². The number of aromatic amines is 1. The number of amides is 1. The molecule has 4 nitrogen and oxygen atoms in total. The Morgan fingerprint density at radius 2 is 2.17 bits per heavy atom. The molecule has 2 aromatic rings. The highest BCUT2D eigenvalue weighted by Gasteiger charge is 2.14. The highest BCUT2D eigenvalue weighted by Crippen LogP contribution is 2.22. The van der Waals surface area contributed by atoms with Gasteiger partial charge in [-0.3, -0.25) is 4.79 Å². The zero-order valence-electron chi connectivity index (χ0n) is 9.91. The molecule has 1 atom stereocenters. The summed E-state index contributed by atoms with van der Waals surface area (Å²) in [5.41, 5.74) is 7.61. The van der Waals surface area contributed by atoms with Crippen LogP contribution in [0.15, 0.2) is 41.0 Å². The fourth-order valence-corrected chi connectivity index (χ4v) is 2.35. The van der Waals surface area contributed by atoms with Crippen LogP contribution in [0.1, 0.15) is 29.0 Å². The molecule has 0 radical (unpaired) electrons. The van der Waals surface area contributed by atoms with E-state index in [0.29, 0.717) is 11.4 Å². The van der Waals surface area contributed by atoms with E-state index >= 15 is 0 Å². The first kappa shape index (κ1) is 12.7. The smallest absolute Gasteiger partial charge is 0.268 e. The lowest BCUT2D eigenvalue weighted by Gasteiger charge is -2.15. The molecule has 1 amide bonds. The highest BCUT2D eigenvalue weighted by atomic mass is 79.9. The van der Waals surface area contributed by atoms with Crippen LogP contribution in [-0.4, -0.2) is 10.9 Å². The average molecular weight is 308 g/mol. The summed E-state index contributed by atoms with van der Waals surface area (Å²) in [5, 5.41) is 2.91. The van der Waals surface area contributed by atoms with Gasteiger partial charge in [0.2, 0.25) is 0 Å². The van der Waals surface area contributed by atoms with Gasteiger partial charge < -0.3 is 16.0 Å². The summed E-state index contributed by atoms with van der Waals surface area (Å²) in [7, 11) is 0. The third kappa shape index (κ3) is 2.73. The van der Waals surface area contributed by atoms with Crippen LogP contribution >= 0.6 is 15.9 Å². The number of benzene rings is 1. The molecule has 0 bridgehead atoms. The van der Waals surface area contributed by atoms with E-state index in [1.54, 1.807) is 12.3 Å². The van der Waals surface area contributed by atoms with Crippen molar-refractivity contribution in [2.24, 2.45) is 0 Å². The van der Waals surface area contributed by atoms with Gasteiger partial charge in [0.15, 0.2) is 0 Å². The predicted octanol–water partition coefficient (Wildman–Crippen LogP) is 2.85. The summed E-state index contributed by atoms with van der Waals surface area (Å²) in [5.74, 6) is -0.171. The third-order valence-corrected chi connectivity index (χ3v) is 3.39. The van der Waals surface area contributed by atoms with Crippen LogP contribution in [0.25, 0.3) is 0 Å². The summed E-state index contributed by atoms with van der Waals surface area (Å²) < 4.78 is 0.976. The Morgan fingerprint density at radius 1 is 1.44 bits per heavy atom. The molecule has 1 aromatic carbocycles. The van der Waals surface area contributed by atoms with Gasteiger partial charge in [-0.2, -0.15) is 0 Å². The van der Waals surface area contributed by atoms with Crippen molar-refractivity contribution in [3.8, 4) is 0 Å². The van der Waals surface area contributed by atoms with Gasteiger partial charge >= 0.3 is 0 Å². The number of rotatable bonds is 3. The maximum atomic E-state index is 11.9. The van der Waals surface area contributed by atoms with Crippen LogP contribution in [0, 0.1) is 0 Å². The topological polar surface area (TPSA) is 70.9 Å². The number of nitrogens with one attached hydrogen (secondary N) is 2. The number of carbonyl (C=O) groups is 1. The first-order valence-electron chi connectivity index (χ1n) is 5.57. The molecule has 1 heterocycles. The van der Waals surface area contributed by atoms with Crippen LogP contribution in [-0.2, 0) is 0 Å². The number of hydrogen-bond acceptors (Lipinski definition) is 2. The van der Waals surface area contributed by atoms with Crippen molar-refractivity contribution in [1.82, 2.24) is 10.3 Å². The number of nitrogen functional groups attached to an aromatic ring is 1. The van der Waals surface area contributed by atoms with Crippen molar-refractivity contribution < 1.29 is 4.79 Å². The molecule has 5 heteroatoms. The predicted molar refractivity (Wildman–Crippen MR) is 75.2 cm³/mol. The van der Waals surface area contributed by atoms with Crippen molar-refractivity contribution >= 4 is 27.5 Å². The molecular weight excluding hydrogens is 294 g/mol. The van der Waals surface area contributed by atoms with E-state index in [4.69, 9.17) is 5.73 Å². The molecule has 0 spiro atoms. The molecule has 2 rings (SSSR count). The van der Waals surface area contributed by atoms with Gasteiger partial charge in [-0.25, -0.2) is 0 Å². The molecule has 18 heavy (non-hydrogen) atoms. The van der Waals surface area contributed by atoms with Gasteiger partial charge in [0.1, 0.15) is 5.69 Å². The molecule has 0 saturated carbocycles. The van der Waals surface area contributed by atoms with Gasteiger partial charge in [-0.15, -0.1) is 0 Å². The minimum atomic E-state index is -0.171. The zero-order chi connectivity index (χ0) is 13.1. The Balaban J connectivity index is 2.10. The fraction of sp³-hybridized carbons (Fsp3) is 0.154. The molecule has 1 unspecified atom stereocenters. The zero-order valence-corrected chi connectivity index (χ0v) is 11.5. The van der Waals surface area contributed by atoms with Crippen molar-refractivity contribution in [3.63, 3.8) is 0 Å². The molecule has 0 saturated heterocycles. The lowest BCUT2D eigenvalue weighted by molar-refractivity contribution is 0.0935. The van der Waals surface area contributed by atoms with E-state index in [9.17, 15) is 4.79 Å². The summed E-state index contributed by atoms with van der Waals surface area (Å²) in [6, 6.07) is 9.33. The number of aromatic nitrogens is 1. The monoisotopic (exact) mass is 307 g/mol. The molecule has 4 N–H and O–H groups in total. The number of H-pyrrole nitrogens is 1. The van der Waals surface area contributed by atoms with Gasteiger partial charge in [0.05, 0.1) is 6.04 Å². The van der Waals surface area contributed by atoms with E-state index in [0.717, 1.165) is 10.0 Å². The summed E-state index contributed by atoms with van der Waals surface area (Å²) in [6.45, 7) is 1.93. The van der Waals surface area contributed by atoms with E-state index in [1.165, 1.54) is 0 Å². The maximum Gasteiger partial charge on any atom is 0.268 e. The van der Waals surface area contributed by atoms with Crippen LogP contribution in [0.2, 0.25) is 0 Å². The minimum absolute atomic E-state index is 0.0856. The van der Waals surface area contributed by atoms with Crippen molar-refractivity contribution in [1.29, 1.82) is 0 Å². The molecule has 94 valence electrons. The quantitative estimate of drug-likeness (QED) is 0.816. The first-order chi connectivity index (χ1) is 8.58. The maximum absolute atomic E-state index is 11.9. The Hall–Kier alpha value is -1.75. The molecule has 0 fully saturated rings. The molecule has 1 aromatic heterocycles. The van der Waals surface area contributed by atoms with Gasteiger partial charge in [0.25, 0.3) is 5.91 Å². The number of nitrogens with two attached hydrogens (primary N) is 1. The summed E-state index contributed by atoms with van der Waals surface area (Å²) in [4.78, 5) is 14.8. The van der Waals surface area contributed by atoms with E-state index in [2.05, 4.69) is 26.2 Å². The van der Waals surface area contributed by atoms with Crippen molar-refractivity contribution in [3.05, 3.63) is 52.3 Å².